The van der Waals surface area contributed by atoms with E-state index in [1.807, 2.05) is 0 Å². The van der Waals surface area contributed by atoms with Gasteiger partial charge in [-0.25, -0.2) is 20.2 Å². The molecule has 0 aromatic carbocycles. The summed E-state index contributed by atoms with van der Waals surface area (Å²) < 4.78 is 0. The maximum Gasteiger partial charge on any atom is 0.352 e. The molecule has 2 rings (SSSR count). The van der Waals surface area contributed by atoms with Crippen LogP contribution in [-0.4, -0.2) is 87.4 Å². The number of aliphatic imine (C=N–C) groups is 1. The highest BCUT2D eigenvalue weighted by Crippen LogP contribution is 2.43. The molecule has 1 spiro atoms. The van der Waals surface area contributed by atoms with Gasteiger partial charge in [0.05, 0.1) is 22.0 Å². The highest BCUT2D eigenvalue weighted by atomic mass is 16.8. The lowest BCUT2D eigenvalue weighted by Gasteiger charge is -2.56. The molecule has 1 unspecified atom stereocenters. The quantitative estimate of drug-likeness (QED) is 0.330. The van der Waals surface area contributed by atoms with E-state index in [4.69, 9.17) is 0 Å². The van der Waals surface area contributed by atoms with Crippen molar-refractivity contribution in [3.63, 3.8) is 0 Å². The van der Waals surface area contributed by atoms with Crippen LogP contribution >= 0.6 is 0 Å². The third-order valence-corrected chi connectivity index (χ3v) is 5.37. The van der Waals surface area contributed by atoms with Gasteiger partial charge < -0.3 is 0 Å². The smallest absolute Gasteiger partial charge is 0.298 e. The van der Waals surface area contributed by atoms with Crippen molar-refractivity contribution in [2.75, 3.05) is 0 Å². The third kappa shape index (κ3) is 4.03. The number of hydrogen-bond acceptors (Lipinski definition) is 8. The number of nitro groups is 2. The number of carbonyl (C=O) groups excluding carboxylic acids is 1. The molecule has 1 fully saturated rings. The van der Waals surface area contributed by atoms with Crippen molar-refractivity contribution in [2.24, 2.45) is 4.99 Å². The Morgan fingerprint density at radius 2 is 1.41 bits per heavy atom. The molecule has 188 valence electrons. The summed E-state index contributed by atoms with van der Waals surface area (Å²) in [6.45, 7) is 13.7. The third-order valence-electron chi connectivity index (χ3n) is 5.37. The lowest BCUT2D eigenvalue weighted by atomic mass is 9.86. The molecule has 0 saturated carbocycles. The predicted molar refractivity (Wildman–Crippen MR) is 121 cm³/mol. The van der Waals surface area contributed by atoms with Crippen molar-refractivity contribution in [1.82, 2.24) is 14.7 Å². The van der Waals surface area contributed by atoms with Gasteiger partial charge in [-0.1, -0.05) is 0 Å². The largest absolute Gasteiger partial charge is 0.352 e. The van der Waals surface area contributed by atoms with Crippen LogP contribution in [0.1, 0.15) is 55.4 Å². The summed E-state index contributed by atoms with van der Waals surface area (Å²) in [5.41, 5.74) is -4.44. The lowest BCUT2D eigenvalue weighted by molar-refractivity contribution is -0.956. The number of allylic oxidation sites excluding steroid dienone is 1. The Hall–Kier alpha value is -3.71. The molecular weight excluding hydrogens is 450 g/mol. The van der Waals surface area contributed by atoms with Gasteiger partial charge in [0.15, 0.2) is 0 Å². The maximum atomic E-state index is 13.9. The summed E-state index contributed by atoms with van der Waals surface area (Å²) in [7, 11) is 0. The zero-order valence-corrected chi connectivity index (χ0v) is 20.5. The van der Waals surface area contributed by atoms with E-state index in [0.717, 1.165) is 17.1 Å². The van der Waals surface area contributed by atoms with Crippen molar-refractivity contribution in [2.45, 2.75) is 85.2 Å². The first-order valence-corrected chi connectivity index (χ1v) is 10.9. The molecule has 0 bridgehead atoms. The topological polar surface area (TPSA) is 169 Å². The molecule has 2 N–H and O–H groups in total. The number of rotatable bonds is 6. The molecule has 14 nitrogen and oxygen atoms in total. The summed E-state index contributed by atoms with van der Waals surface area (Å²) in [5.74, 6) is 0.0759. The minimum Gasteiger partial charge on any atom is -0.298 e. The Morgan fingerprint density at radius 3 is 1.76 bits per heavy atom. The molecule has 14 heteroatoms. The van der Waals surface area contributed by atoms with Gasteiger partial charge in [0.25, 0.3) is 5.70 Å². The highest BCUT2D eigenvalue weighted by Gasteiger charge is 2.71. The van der Waals surface area contributed by atoms with E-state index in [9.17, 15) is 35.4 Å². The predicted octanol–water partition coefficient (Wildman–Crippen LogP) is 2.28. The van der Waals surface area contributed by atoms with E-state index in [2.05, 4.69) is 4.99 Å². The van der Waals surface area contributed by atoms with Gasteiger partial charge in [0, 0.05) is 24.2 Å². The van der Waals surface area contributed by atoms with E-state index in [-0.39, 0.29) is 12.0 Å². The second kappa shape index (κ2) is 9.27. The molecule has 1 atom stereocenters. The first-order valence-electron chi connectivity index (χ1n) is 10.9. The van der Waals surface area contributed by atoms with Crippen molar-refractivity contribution in [3.8, 4) is 0 Å². The Morgan fingerprint density at radius 1 is 0.882 bits per heavy atom. The van der Waals surface area contributed by atoms with Gasteiger partial charge in [-0.15, -0.1) is 0 Å². The van der Waals surface area contributed by atoms with Crippen molar-refractivity contribution < 1.29 is 30.0 Å². The van der Waals surface area contributed by atoms with Crippen molar-refractivity contribution >= 4 is 17.7 Å². The molecule has 1 aliphatic carbocycles. The Labute approximate surface area is 197 Å². The van der Waals surface area contributed by atoms with Crippen LogP contribution in [0, 0.1) is 20.2 Å². The normalized spacial score (nSPS) is 22.5. The highest BCUT2D eigenvalue weighted by molar-refractivity contribution is 6.12. The summed E-state index contributed by atoms with van der Waals surface area (Å²) >= 11 is 0. The minimum absolute atomic E-state index is 0.0759. The van der Waals surface area contributed by atoms with Crippen LogP contribution in [0.15, 0.2) is 28.5 Å². The van der Waals surface area contributed by atoms with Crippen LogP contribution in [0.25, 0.3) is 0 Å². The summed E-state index contributed by atoms with van der Waals surface area (Å²) in [6.07, 6.45) is 1.55. The zero-order chi connectivity index (χ0) is 26.3. The first-order chi connectivity index (χ1) is 15.6. The molecule has 0 radical (unpaired) electrons. The molecule has 0 aromatic heterocycles. The second-order valence-electron chi connectivity index (χ2n) is 9.16. The number of carbonyl (C=O) groups is 1. The maximum absolute atomic E-state index is 13.9. The van der Waals surface area contributed by atoms with Crippen LogP contribution < -0.4 is 0 Å². The standard InChI is InChI=1S/C20H32N7O7/c1-11(2)21-18-22(12(3)4)19(28)24(14(7)8)20(23(18)13(5)6)16(26(31)32)9-15(25(29)30)10-17(20)27(33)34/h9-14,31-32H,1-8H3/q+1. The van der Waals surface area contributed by atoms with Gasteiger partial charge in [-0.05, 0) is 55.4 Å². The molecule has 1 heterocycles. The van der Waals surface area contributed by atoms with E-state index in [1.54, 1.807) is 55.4 Å². The number of guanidine groups is 1. The molecule has 2 amide bonds. The van der Waals surface area contributed by atoms with Gasteiger partial charge in [-0.2, -0.15) is 0 Å². The van der Waals surface area contributed by atoms with Crippen molar-refractivity contribution in [3.05, 3.63) is 43.8 Å². The van der Waals surface area contributed by atoms with Crippen LogP contribution in [0.5, 0.6) is 0 Å². The summed E-state index contributed by atoms with van der Waals surface area (Å²) in [5, 5.41) is 44.5. The van der Waals surface area contributed by atoms with Gasteiger partial charge in [0.2, 0.25) is 10.9 Å². The average Bonchev–Trinajstić information content (AvgIpc) is 2.65. The monoisotopic (exact) mass is 482 g/mol. The molecule has 2 aliphatic rings. The van der Waals surface area contributed by atoms with E-state index >= 15 is 0 Å². The Balaban J connectivity index is 3.21. The molecule has 0 aromatic rings. The number of nitrogens with zero attached hydrogens (tertiary/aromatic N) is 7. The Bertz CT molecular complexity index is 1010. The lowest BCUT2D eigenvalue weighted by Crippen LogP contribution is -2.81. The van der Waals surface area contributed by atoms with Crippen molar-refractivity contribution in [1.29, 1.82) is 0 Å². The zero-order valence-electron chi connectivity index (χ0n) is 20.5. The number of hydrogen-bond donors (Lipinski definition) is 2. The fourth-order valence-corrected chi connectivity index (χ4v) is 4.35. The Kier molecular flexibility index (Phi) is 7.24. The SMILES string of the molecule is CC(C)N=C1N(C(C)C)C(=O)N(C(C)C)C2(C([N+](=O)[O-])=CC([N+](=O)[O-])=CC2=[N+](O)O)N1C(C)C. The van der Waals surface area contributed by atoms with Crippen LogP contribution in [0.4, 0.5) is 4.79 Å². The van der Waals surface area contributed by atoms with Gasteiger partial charge in [0.1, 0.15) is 0 Å². The number of urea groups is 1. The molecule has 1 aliphatic heterocycles. The average molecular weight is 483 g/mol. The number of amides is 2. The molecule has 34 heavy (non-hydrogen) atoms. The fourth-order valence-electron chi connectivity index (χ4n) is 4.35. The minimum atomic E-state index is -2.26. The van der Waals surface area contributed by atoms with E-state index < -0.39 is 61.7 Å². The summed E-state index contributed by atoms with van der Waals surface area (Å²) in [6, 6.07) is -2.72. The molecular formula is C20H32N7O7+. The van der Waals surface area contributed by atoms with Crippen LogP contribution in [-0.2, 0) is 0 Å². The van der Waals surface area contributed by atoms with Gasteiger partial charge >= 0.3 is 23.1 Å². The fraction of sp³-hybridized carbons (Fsp3) is 0.650. The first kappa shape index (κ1) is 26.5. The van der Waals surface area contributed by atoms with E-state index in [0.29, 0.717) is 0 Å². The summed E-state index contributed by atoms with van der Waals surface area (Å²) in [4.78, 5) is 44.3. The van der Waals surface area contributed by atoms with Crippen LogP contribution in [0.3, 0.4) is 0 Å². The van der Waals surface area contributed by atoms with E-state index in [1.165, 1.54) is 9.80 Å². The second-order valence-corrected chi connectivity index (χ2v) is 9.16. The van der Waals surface area contributed by atoms with Crippen LogP contribution in [0.2, 0.25) is 0 Å². The van der Waals surface area contributed by atoms with Gasteiger partial charge in [-0.3, -0.25) is 34.9 Å². The molecule has 1 saturated heterocycles.